The third-order valence-corrected chi connectivity index (χ3v) is 7.74. The average Bonchev–Trinajstić information content (AvgIpc) is 3.48. The highest BCUT2D eigenvalue weighted by molar-refractivity contribution is 5.87. The van der Waals surface area contributed by atoms with Crippen molar-refractivity contribution in [2.24, 2.45) is 10.8 Å². The molecular formula is C23H30O8. The Labute approximate surface area is 181 Å². The summed E-state index contributed by atoms with van der Waals surface area (Å²) in [5, 5.41) is 22.0. The molecule has 8 atom stereocenters. The Morgan fingerprint density at radius 3 is 2.39 bits per heavy atom. The number of hydrogen-bond acceptors (Lipinski definition) is 8. The van der Waals surface area contributed by atoms with Gasteiger partial charge in [-0.2, -0.15) is 0 Å². The molecule has 0 aromatic carbocycles. The van der Waals surface area contributed by atoms with Gasteiger partial charge >= 0.3 is 11.9 Å². The van der Waals surface area contributed by atoms with Crippen LogP contribution in [0.1, 0.15) is 34.1 Å². The highest BCUT2D eigenvalue weighted by atomic mass is 16.7. The van der Waals surface area contributed by atoms with Crippen LogP contribution in [0.5, 0.6) is 0 Å². The number of carbonyl (C=O) groups is 2. The fourth-order valence-corrected chi connectivity index (χ4v) is 5.73. The van der Waals surface area contributed by atoms with Crippen molar-refractivity contribution in [1.82, 2.24) is 0 Å². The summed E-state index contributed by atoms with van der Waals surface area (Å²) in [4.78, 5) is 24.8. The zero-order valence-electron chi connectivity index (χ0n) is 18.3. The Morgan fingerprint density at radius 2 is 1.84 bits per heavy atom. The molecule has 1 saturated carbocycles. The molecule has 0 aromatic heterocycles. The first-order valence-electron chi connectivity index (χ1n) is 10.4. The number of rotatable bonds is 5. The number of aliphatic hydroxyl groups excluding tert-OH is 2. The molecule has 2 bridgehead atoms. The number of esters is 2. The molecule has 0 unspecified atom stereocenters. The summed E-state index contributed by atoms with van der Waals surface area (Å²) in [6.45, 7) is 14.2. The van der Waals surface area contributed by atoms with Crippen molar-refractivity contribution in [3.05, 3.63) is 36.0 Å². The lowest BCUT2D eigenvalue weighted by molar-refractivity contribution is -0.239. The van der Waals surface area contributed by atoms with Gasteiger partial charge in [0.25, 0.3) is 0 Å². The highest BCUT2D eigenvalue weighted by Gasteiger charge is 2.86. The van der Waals surface area contributed by atoms with E-state index in [-0.39, 0.29) is 24.2 Å². The van der Waals surface area contributed by atoms with Crippen LogP contribution in [0.15, 0.2) is 36.0 Å². The molecular weight excluding hydrogens is 404 g/mol. The minimum Gasteiger partial charge on any atom is -0.462 e. The van der Waals surface area contributed by atoms with Gasteiger partial charge in [0, 0.05) is 16.6 Å². The Kier molecular flexibility index (Phi) is 5.01. The van der Waals surface area contributed by atoms with Crippen molar-refractivity contribution >= 4 is 11.9 Å². The van der Waals surface area contributed by atoms with Gasteiger partial charge in [-0.05, 0) is 32.8 Å². The van der Waals surface area contributed by atoms with Crippen LogP contribution in [-0.2, 0) is 28.5 Å². The van der Waals surface area contributed by atoms with Crippen LogP contribution in [0.4, 0.5) is 0 Å². The predicted molar refractivity (Wildman–Crippen MR) is 109 cm³/mol. The van der Waals surface area contributed by atoms with Crippen LogP contribution < -0.4 is 0 Å². The first-order chi connectivity index (χ1) is 14.4. The van der Waals surface area contributed by atoms with Gasteiger partial charge in [-0.25, -0.2) is 9.59 Å². The monoisotopic (exact) mass is 434 g/mol. The molecule has 4 aliphatic rings. The molecule has 31 heavy (non-hydrogen) atoms. The smallest absolute Gasteiger partial charge is 0.333 e. The van der Waals surface area contributed by atoms with Crippen LogP contribution in [0.3, 0.4) is 0 Å². The molecule has 2 N–H and O–H groups in total. The zero-order valence-corrected chi connectivity index (χ0v) is 18.3. The second kappa shape index (κ2) is 7.00. The molecule has 8 heteroatoms. The van der Waals surface area contributed by atoms with Crippen LogP contribution in [0.25, 0.3) is 0 Å². The first-order valence-corrected chi connectivity index (χ1v) is 10.4. The van der Waals surface area contributed by atoms with Gasteiger partial charge in [0.15, 0.2) is 0 Å². The number of hydrogen-bond donors (Lipinski definition) is 2. The van der Waals surface area contributed by atoms with Crippen molar-refractivity contribution in [2.45, 2.75) is 70.2 Å². The summed E-state index contributed by atoms with van der Waals surface area (Å²) in [5.41, 5.74) is -1.77. The lowest BCUT2D eigenvalue weighted by Gasteiger charge is -2.58. The van der Waals surface area contributed by atoms with Crippen molar-refractivity contribution < 1.29 is 38.7 Å². The van der Waals surface area contributed by atoms with Crippen LogP contribution in [0, 0.1) is 10.8 Å². The number of aliphatic hydroxyl groups is 2. The van der Waals surface area contributed by atoms with Crippen LogP contribution >= 0.6 is 0 Å². The summed E-state index contributed by atoms with van der Waals surface area (Å²) in [5.74, 6) is -1.21. The van der Waals surface area contributed by atoms with Gasteiger partial charge in [0.2, 0.25) is 0 Å². The minimum absolute atomic E-state index is 0.119. The Hall–Kier alpha value is -2.00. The molecule has 2 aliphatic carbocycles. The van der Waals surface area contributed by atoms with Crippen molar-refractivity contribution in [2.75, 3.05) is 13.2 Å². The third-order valence-electron chi connectivity index (χ3n) is 7.74. The number of ether oxygens (including phenoxy) is 4. The molecule has 0 radical (unpaired) electrons. The van der Waals surface area contributed by atoms with Gasteiger partial charge in [-0.1, -0.05) is 26.2 Å². The number of epoxide rings is 1. The zero-order chi connectivity index (χ0) is 22.9. The van der Waals surface area contributed by atoms with Gasteiger partial charge in [0.1, 0.15) is 30.5 Å². The average molecular weight is 434 g/mol. The lowest BCUT2D eigenvalue weighted by Crippen LogP contribution is -2.68. The summed E-state index contributed by atoms with van der Waals surface area (Å²) in [6.07, 6.45) is -2.29. The highest BCUT2D eigenvalue weighted by Crippen LogP contribution is 2.72. The standard InChI is InChI=1S/C23H30O8/c1-11(2)19(26)28-9-22-8-14(24)13(5)7-15(22)30-18-16(25)17(31-20(27)12(3)4)21(22,6)23(18)10-29-23/h7,14-18,24-25H,1,3,8-10H2,2,4-6H3/t14-,15-,16-,17-,18-,21-,22-,23+/m1/s1. The Morgan fingerprint density at radius 1 is 1.23 bits per heavy atom. The van der Waals surface area contributed by atoms with Gasteiger partial charge in [-0.3, -0.25) is 0 Å². The van der Waals surface area contributed by atoms with Crippen molar-refractivity contribution in [3.8, 4) is 0 Å². The van der Waals surface area contributed by atoms with E-state index in [0.717, 1.165) is 5.57 Å². The topological polar surface area (TPSA) is 115 Å². The van der Waals surface area contributed by atoms with Crippen LogP contribution in [-0.4, -0.2) is 71.5 Å². The van der Waals surface area contributed by atoms with Crippen LogP contribution in [0.2, 0.25) is 0 Å². The molecule has 2 heterocycles. The van der Waals surface area contributed by atoms with E-state index in [1.165, 1.54) is 6.92 Å². The molecule has 8 nitrogen and oxygen atoms in total. The second-order valence-corrected chi connectivity index (χ2v) is 9.60. The maximum atomic E-state index is 12.5. The molecule has 0 aromatic rings. The number of carbonyl (C=O) groups excluding carboxylic acids is 2. The van der Waals surface area contributed by atoms with Gasteiger partial charge < -0.3 is 29.2 Å². The lowest BCUT2D eigenvalue weighted by atomic mass is 9.51. The van der Waals surface area contributed by atoms with Gasteiger partial charge in [0.05, 0.1) is 24.2 Å². The SMILES string of the molecule is C=C(C)C(=O)OC[C@]12C[C@@H](O)C(C)=C[C@H]1O[C@@H]1[C@H](O)[C@@H](OC(=O)C(=C)C)[C@@]2(C)[C@]12CO2. The van der Waals surface area contributed by atoms with E-state index < -0.39 is 58.9 Å². The second-order valence-electron chi connectivity index (χ2n) is 9.60. The Balaban J connectivity index is 1.84. The summed E-state index contributed by atoms with van der Waals surface area (Å²) in [6, 6.07) is 0. The third kappa shape index (κ3) is 2.81. The molecule has 3 fully saturated rings. The van der Waals surface area contributed by atoms with Crippen molar-refractivity contribution in [3.63, 3.8) is 0 Å². The molecule has 170 valence electrons. The molecule has 2 saturated heterocycles. The van der Waals surface area contributed by atoms with E-state index in [0.29, 0.717) is 6.61 Å². The largest absolute Gasteiger partial charge is 0.462 e. The first kappa shape index (κ1) is 22.2. The minimum atomic E-state index is -1.15. The van der Waals surface area contributed by atoms with E-state index in [1.54, 1.807) is 19.9 Å². The van der Waals surface area contributed by atoms with E-state index >= 15 is 0 Å². The molecule has 1 spiro atoms. The fraction of sp³-hybridized carbons (Fsp3) is 0.652. The summed E-state index contributed by atoms with van der Waals surface area (Å²) >= 11 is 0. The van der Waals surface area contributed by atoms with E-state index in [4.69, 9.17) is 18.9 Å². The molecule has 4 rings (SSSR count). The summed E-state index contributed by atoms with van der Waals surface area (Å²) < 4.78 is 23.6. The number of fused-ring (bicyclic) bond motifs is 2. The predicted octanol–water partition coefficient (Wildman–Crippen LogP) is 1.21. The van der Waals surface area contributed by atoms with Crippen molar-refractivity contribution in [1.29, 1.82) is 0 Å². The normalized spacial score (nSPS) is 44.8. The molecule has 2 aliphatic heterocycles. The van der Waals surface area contributed by atoms with Gasteiger partial charge in [-0.15, -0.1) is 0 Å². The molecule has 0 amide bonds. The van der Waals surface area contributed by atoms with E-state index in [2.05, 4.69) is 13.2 Å². The summed E-state index contributed by atoms with van der Waals surface area (Å²) in [7, 11) is 0. The quantitative estimate of drug-likeness (QED) is 0.287. The maximum Gasteiger partial charge on any atom is 0.333 e. The maximum absolute atomic E-state index is 12.5. The van der Waals surface area contributed by atoms with E-state index in [1.807, 2.05) is 6.92 Å². The Bertz CT molecular complexity index is 886. The fourth-order valence-electron chi connectivity index (χ4n) is 5.73. The van der Waals surface area contributed by atoms with E-state index in [9.17, 15) is 19.8 Å².